The van der Waals surface area contributed by atoms with Crippen molar-refractivity contribution in [3.8, 4) is 11.4 Å². The molecule has 0 bridgehead atoms. The SMILES string of the molecule is Cc1nccn1CCCN(C)c1nc(-c2ccncc2)nc2ccccc12. The molecule has 6 nitrogen and oxygen atoms in total. The van der Waals surface area contributed by atoms with Crippen molar-refractivity contribution in [1.29, 1.82) is 0 Å². The van der Waals surface area contributed by atoms with Gasteiger partial charge in [0, 0.05) is 55.9 Å². The summed E-state index contributed by atoms with van der Waals surface area (Å²) in [5, 5.41) is 1.07. The Hall–Kier alpha value is -3.28. The summed E-state index contributed by atoms with van der Waals surface area (Å²) in [5.74, 6) is 2.73. The average molecular weight is 358 g/mol. The smallest absolute Gasteiger partial charge is 0.162 e. The van der Waals surface area contributed by atoms with E-state index in [4.69, 9.17) is 9.97 Å². The quantitative estimate of drug-likeness (QED) is 0.526. The predicted molar refractivity (Wildman–Crippen MR) is 108 cm³/mol. The van der Waals surface area contributed by atoms with Crippen molar-refractivity contribution in [1.82, 2.24) is 24.5 Å². The summed E-state index contributed by atoms with van der Waals surface area (Å²) >= 11 is 0. The van der Waals surface area contributed by atoms with Crippen molar-refractivity contribution in [3.63, 3.8) is 0 Å². The largest absolute Gasteiger partial charge is 0.359 e. The van der Waals surface area contributed by atoms with Crippen molar-refractivity contribution >= 4 is 16.7 Å². The van der Waals surface area contributed by atoms with Crippen LogP contribution < -0.4 is 4.90 Å². The second-order valence-corrected chi connectivity index (χ2v) is 6.57. The van der Waals surface area contributed by atoms with Crippen molar-refractivity contribution in [2.24, 2.45) is 0 Å². The average Bonchev–Trinajstić information content (AvgIpc) is 3.12. The molecule has 1 aromatic carbocycles. The van der Waals surface area contributed by atoms with E-state index in [1.165, 1.54) is 0 Å². The Morgan fingerprint density at radius 2 is 1.81 bits per heavy atom. The van der Waals surface area contributed by atoms with Crippen molar-refractivity contribution in [3.05, 3.63) is 67.0 Å². The third-order valence-electron chi connectivity index (χ3n) is 4.70. The molecule has 0 saturated carbocycles. The number of hydrogen-bond donors (Lipinski definition) is 0. The summed E-state index contributed by atoms with van der Waals surface area (Å²) in [4.78, 5) is 20.2. The molecule has 136 valence electrons. The van der Waals surface area contributed by atoms with Gasteiger partial charge in [0.25, 0.3) is 0 Å². The lowest BCUT2D eigenvalue weighted by atomic mass is 10.2. The first-order valence-electron chi connectivity index (χ1n) is 9.08. The second kappa shape index (κ2) is 7.53. The number of rotatable bonds is 6. The van der Waals surface area contributed by atoms with Crippen LogP contribution in [-0.4, -0.2) is 38.1 Å². The van der Waals surface area contributed by atoms with Gasteiger partial charge >= 0.3 is 0 Å². The number of aryl methyl sites for hydroxylation is 2. The van der Waals surface area contributed by atoms with Gasteiger partial charge in [-0.25, -0.2) is 15.0 Å². The third-order valence-corrected chi connectivity index (χ3v) is 4.70. The number of anilines is 1. The highest BCUT2D eigenvalue weighted by Crippen LogP contribution is 2.26. The standard InChI is InChI=1S/C21H22N6/c1-16-23-12-15-27(16)14-5-13-26(2)21-18-6-3-4-7-19(18)24-20(25-21)17-8-10-22-11-9-17/h3-4,6-12,15H,5,13-14H2,1-2H3. The van der Waals surface area contributed by atoms with E-state index >= 15 is 0 Å². The summed E-state index contributed by atoms with van der Waals surface area (Å²) in [6, 6.07) is 12.0. The summed E-state index contributed by atoms with van der Waals surface area (Å²) in [6.07, 6.45) is 8.42. The first-order valence-corrected chi connectivity index (χ1v) is 9.08. The Labute approximate surface area is 158 Å². The van der Waals surface area contributed by atoms with Gasteiger partial charge in [-0.2, -0.15) is 0 Å². The molecular weight excluding hydrogens is 336 g/mol. The number of aromatic nitrogens is 5. The predicted octanol–water partition coefficient (Wildman–Crippen LogP) is 3.72. The van der Waals surface area contributed by atoms with Crippen molar-refractivity contribution in [2.45, 2.75) is 19.9 Å². The minimum Gasteiger partial charge on any atom is -0.359 e. The maximum Gasteiger partial charge on any atom is 0.162 e. The van der Waals surface area contributed by atoms with Crippen LogP contribution in [0, 0.1) is 6.92 Å². The van der Waals surface area contributed by atoms with E-state index in [9.17, 15) is 0 Å². The van der Waals surface area contributed by atoms with E-state index in [-0.39, 0.29) is 0 Å². The highest BCUT2D eigenvalue weighted by Gasteiger charge is 2.12. The van der Waals surface area contributed by atoms with Crippen LogP contribution in [0.2, 0.25) is 0 Å². The minimum absolute atomic E-state index is 0.725. The van der Waals surface area contributed by atoms with Gasteiger partial charge in [0.05, 0.1) is 5.52 Å². The van der Waals surface area contributed by atoms with Crippen LogP contribution in [0.4, 0.5) is 5.82 Å². The first kappa shape index (κ1) is 17.1. The molecule has 0 amide bonds. The fourth-order valence-corrected chi connectivity index (χ4v) is 3.21. The molecule has 0 N–H and O–H groups in total. The van der Waals surface area contributed by atoms with Gasteiger partial charge in [0.2, 0.25) is 0 Å². The monoisotopic (exact) mass is 358 g/mol. The summed E-state index contributed by atoms with van der Waals surface area (Å²) < 4.78 is 2.17. The van der Waals surface area contributed by atoms with Crippen molar-refractivity contribution < 1.29 is 0 Å². The highest BCUT2D eigenvalue weighted by atomic mass is 15.2. The Bertz CT molecular complexity index is 1040. The summed E-state index contributed by atoms with van der Waals surface area (Å²) in [6.45, 7) is 3.87. The molecule has 3 heterocycles. The van der Waals surface area contributed by atoms with Crippen LogP contribution in [0.25, 0.3) is 22.3 Å². The zero-order valence-electron chi connectivity index (χ0n) is 15.6. The van der Waals surface area contributed by atoms with Gasteiger partial charge < -0.3 is 9.47 Å². The summed E-state index contributed by atoms with van der Waals surface area (Å²) in [5.41, 5.74) is 1.92. The number of para-hydroxylation sites is 1. The molecule has 0 aliphatic carbocycles. The van der Waals surface area contributed by atoms with Gasteiger partial charge in [0.15, 0.2) is 5.82 Å². The first-order chi connectivity index (χ1) is 13.2. The number of fused-ring (bicyclic) bond motifs is 1. The molecule has 6 heteroatoms. The molecule has 4 aromatic rings. The van der Waals surface area contributed by atoms with E-state index in [0.29, 0.717) is 0 Å². The van der Waals surface area contributed by atoms with Crippen LogP contribution in [-0.2, 0) is 6.54 Å². The molecule has 0 saturated heterocycles. The van der Waals surface area contributed by atoms with Crippen LogP contribution >= 0.6 is 0 Å². The summed E-state index contributed by atoms with van der Waals surface area (Å²) in [7, 11) is 2.09. The van der Waals surface area contributed by atoms with Gasteiger partial charge in [-0.05, 0) is 37.6 Å². The van der Waals surface area contributed by atoms with Gasteiger partial charge in [0.1, 0.15) is 11.6 Å². The molecular formula is C21H22N6. The lowest BCUT2D eigenvalue weighted by molar-refractivity contribution is 0.621. The molecule has 0 aliphatic heterocycles. The normalized spacial score (nSPS) is 11.0. The third kappa shape index (κ3) is 3.65. The molecule has 0 atom stereocenters. The Kier molecular flexibility index (Phi) is 4.78. The van der Waals surface area contributed by atoms with Gasteiger partial charge in [-0.15, -0.1) is 0 Å². The van der Waals surface area contributed by atoms with E-state index < -0.39 is 0 Å². The fraction of sp³-hybridized carbons (Fsp3) is 0.238. The van der Waals surface area contributed by atoms with E-state index in [1.54, 1.807) is 12.4 Å². The zero-order chi connectivity index (χ0) is 18.6. The fourth-order valence-electron chi connectivity index (χ4n) is 3.21. The number of pyridine rings is 1. The number of benzene rings is 1. The molecule has 0 unspecified atom stereocenters. The van der Waals surface area contributed by atoms with Crippen LogP contribution in [0.15, 0.2) is 61.2 Å². The highest BCUT2D eigenvalue weighted by molar-refractivity contribution is 5.90. The molecule has 27 heavy (non-hydrogen) atoms. The maximum atomic E-state index is 4.87. The number of hydrogen-bond acceptors (Lipinski definition) is 5. The topological polar surface area (TPSA) is 59.7 Å². The number of imidazole rings is 1. The van der Waals surface area contributed by atoms with Crippen LogP contribution in [0.5, 0.6) is 0 Å². The molecule has 4 rings (SSSR count). The second-order valence-electron chi connectivity index (χ2n) is 6.57. The molecule has 0 spiro atoms. The van der Waals surface area contributed by atoms with E-state index in [1.807, 2.05) is 49.6 Å². The van der Waals surface area contributed by atoms with Crippen LogP contribution in [0.3, 0.4) is 0 Å². The minimum atomic E-state index is 0.725. The lowest BCUT2D eigenvalue weighted by Crippen LogP contribution is -2.22. The molecule has 0 radical (unpaired) electrons. The molecule has 0 aliphatic rings. The van der Waals surface area contributed by atoms with Crippen LogP contribution in [0.1, 0.15) is 12.2 Å². The lowest BCUT2D eigenvalue weighted by Gasteiger charge is -2.21. The van der Waals surface area contributed by atoms with Gasteiger partial charge in [-0.1, -0.05) is 12.1 Å². The Morgan fingerprint density at radius 3 is 2.59 bits per heavy atom. The van der Waals surface area contributed by atoms with Gasteiger partial charge in [-0.3, -0.25) is 4.98 Å². The number of nitrogens with zero attached hydrogens (tertiary/aromatic N) is 6. The maximum absolute atomic E-state index is 4.87. The van der Waals surface area contributed by atoms with E-state index in [2.05, 4.69) is 32.5 Å². The molecule has 3 aromatic heterocycles. The van der Waals surface area contributed by atoms with E-state index in [0.717, 1.165) is 53.4 Å². The Morgan fingerprint density at radius 1 is 1.00 bits per heavy atom. The molecule has 0 fully saturated rings. The Balaban J connectivity index is 1.62. The van der Waals surface area contributed by atoms with Crippen molar-refractivity contribution in [2.75, 3.05) is 18.5 Å². The zero-order valence-corrected chi connectivity index (χ0v) is 15.6.